The van der Waals surface area contributed by atoms with Gasteiger partial charge in [-0.1, -0.05) is 11.6 Å². The lowest BCUT2D eigenvalue weighted by Crippen LogP contribution is -2.13. The lowest BCUT2D eigenvalue weighted by atomic mass is 10.2. The van der Waals surface area contributed by atoms with E-state index in [4.69, 9.17) is 23.2 Å². The molecule has 2 aromatic heterocycles. The van der Waals surface area contributed by atoms with E-state index in [1.807, 2.05) is 6.92 Å². The summed E-state index contributed by atoms with van der Waals surface area (Å²) in [6.07, 6.45) is 1.48. The summed E-state index contributed by atoms with van der Waals surface area (Å²) in [4.78, 5) is 23.4. The largest absolute Gasteiger partial charge is 0.306 e. The Hall–Kier alpha value is -1.72. The summed E-state index contributed by atoms with van der Waals surface area (Å²) < 4.78 is 0. The molecule has 92 valence electrons. The van der Waals surface area contributed by atoms with E-state index in [0.29, 0.717) is 5.56 Å². The Kier molecular flexibility index (Phi) is 3.74. The highest BCUT2D eigenvalue weighted by Gasteiger charge is 2.08. The van der Waals surface area contributed by atoms with E-state index in [2.05, 4.69) is 20.3 Å². The number of halogens is 2. The highest BCUT2D eigenvalue weighted by atomic mass is 35.5. The standard InChI is InChI=1S/C11H8Cl2N4O/c1-6-2-3-7(5-14-6)10(18)16-9-4-8(12)15-11(13)17-9/h2-5H,1H3,(H,15,16,17,18). The van der Waals surface area contributed by atoms with Crippen LogP contribution in [0.5, 0.6) is 0 Å². The summed E-state index contributed by atoms with van der Waals surface area (Å²) in [5, 5.41) is 2.69. The summed E-state index contributed by atoms with van der Waals surface area (Å²) in [5.74, 6) is -0.0982. The van der Waals surface area contributed by atoms with Gasteiger partial charge in [-0.05, 0) is 30.7 Å². The molecule has 0 saturated carbocycles. The minimum absolute atomic E-state index is 0.0279. The maximum absolute atomic E-state index is 11.9. The minimum atomic E-state index is -0.340. The number of pyridine rings is 1. The van der Waals surface area contributed by atoms with E-state index in [1.54, 1.807) is 12.1 Å². The molecule has 0 aliphatic heterocycles. The number of hydrogen-bond acceptors (Lipinski definition) is 4. The van der Waals surface area contributed by atoms with Crippen LogP contribution in [-0.4, -0.2) is 20.9 Å². The Morgan fingerprint density at radius 1 is 1.28 bits per heavy atom. The van der Waals surface area contributed by atoms with Crippen LogP contribution in [0.25, 0.3) is 0 Å². The van der Waals surface area contributed by atoms with Gasteiger partial charge < -0.3 is 5.32 Å². The molecule has 5 nitrogen and oxygen atoms in total. The highest BCUT2D eigenvalue weighted by molar-refractivity contribution is 6.32. The average Bonchev–Trinajstić information content (AvgIpc) is 2.28. The van der Waals surface area contributed by atoms with E-state index in [1.165, 1.54) is 12.3 Å². The quantitative estimate of drug-likeness (QED) is 0.679. The second-order valence-corrected chi connectivity index (χ2v) is 4.21. The molecule has 2 rings (SSSR count). The predicted molar refractivity (Wildman–Crippen MR) is 69.0 cm³/mol. The van der Waals surface area contributed by atoms with Crippen molar-refractivity contribution in [2.24, 2.45) is 0 Å². The maximum atomic E-state index is 11.9. The number of nitrogens with one attached hydrogen (secondary N) is 1. The van der Waals surface area contributed by atoms with Crippen LogP contribution in [0.2, 0.25) is 10.4 Å². The molecule has 0 aromatic carbocycles. The Bertz CT molecular complexity index is 566. The SMILES string of the molecule is Cc1ccc(C(=O)Nc2cc(Cl)nc(Cl)n2)cn1. The Morgan fingerprint density at radius 2 is 2.06 bits per heavy atom. The number of carbonyl (C=O) groups excluding carboxylic acids is 1. The van der Waals surface area contributed by atoms with Crippen LogP contribution in [0.15, 0.2) is 24.4 Å². The number of amides is 1. The van der Waals surface area contributed by atoms with Gasteiger partial charge in [0.05, 0.1) is 5.56 Å². The average molecular weight is 283 g/mol. The number of hydrogen-bond donors (Lipinski definition) is 1. The van der Waals surface area contributed by atoms with Gasteiger partial charge in [-0.2, -0.15) is 0 Å². The molecule has 0 radical (unpaired) electrons. The third-order valence-electron chi connectivity index (χ3n) is 2.08. The Morgan fingerprint density at radius 3 is 2.67 bits per heavy atom. The van der Waals surface area contributed by atoms with Gasteiger partial charge in [0, 0.05) is 18.0 Å². The van der Waals surface area contributed by atoms with Gasteiger partial charge in [-0.3, -0.25) is 9.78 Å². The van der Waals surface area contributed by atoms with Gasteiger partial charge in [0.25, 0.3) is 5.91 Å². The molecule has 0 aliphatic rings. The van der Waals surface area contributed by atoms with E-state index in [-0.39, 0.29) is 22.2 Å². The first kappa shape index (κ1) is 12.7. The first-order chi connectivity index (χ1) is 8.54. The summed E-state index contributed by atoms with van der Waals surface area (Å²) in [5.41, 5.74) is 1.26. The molecule has 0 bridgehead atoms. The van der Waals surface area contributed by atoms with Crippen LogP contribution in [0, 0.1) is 6.92 Å². The molecule has 0 aliphatic carbocycles. The van der Waals surface area contributed by atoms with Crippen LogP contribution in [0.3, 0.4) is 0 Å². The smallest absolute Gasteiger partial charge is 0.258 e. The van der Waals surface area contributed by atoms with Gasteiger partial charge in [-0.15, -0.1) is 0 Å². The topological polar surface area (TPSA) is 67.8 Å². The maximum Gasteiger partial charge on any atom is 0.258 e. The Balaban J connectivity index is 2.18. The van der Waals surface area contributed by atoms with E-state index < -0.39 is 0 Å². The number of carbonyl (C=O) groups is 1. The number of nitrogens with zero attached hydrogens (tertiary/aromatic N) is 3. The fourth-order valence-corrected chi connectivity index (χ4v) is 1.65. The van der Waals surface area contributed by atoms with E-state index >= 15 is 0 Å². The molecule has 0 atom stereocenters. The van der Waals surface area contributed by atoms with Crippen LogP contribution in [0.1, 0.15) is 16.1 Å². The molecule has 0 spiro atoms. The second kappa shape index (κ2) is 5.29. The number of rotatable bonds is 2. The van der Waals surface area contributed by atoms with Gasteiger partial charge >= 0.3 is 0 Å². The highest BCUT2D eigenvalue weighted by Crippen LogP contribution is 2.15. The van der Waals surface area contributed by atoms with Crippen molar-refractivity contribution in [2.75, 3.05) is 5.32 Å². The molecule has 0 unspecified atom stereocenters. The summed E-state index contributed by atoms with van der Waals surface area (Å²) in [7, 11) is 0. The summed E-state index contributed by atoms with van der Waals surface area (Å²) in [6, 6.07) is 4.82. The van der Waals surface area contributed by atoms with Crippen molar-refractivity contribution < 1.29 is 4.79 Å². The van der Waals surface area contributed by atoms with E-state index in [0.717, 1.165) is 5.69 Å². The van der Waals surface area contributed by atoms with Crippen LogP contribution in [0.4, 0.5) is 5.82 Å². The first-order valence-corrected chi connectivity index (χ1v) is 5.74. The van der Waals surface area contributed by atoms with Crippen molar-refractivity contribution in [3.05, 3.63) is 46.1 Å². The third-order valence-corrected chi connectivity index (χ3v) is 2.45. The molecule has 1 N–H and O–H groups in total. The zero-order valence-electron chi connectivity index (χ0n) is 9.32. The van der Waals surface area contributed by atoms with Crippen molar-refractivity contribution in [1.82, 2.24) is 15.0 Å². The van der Waals surface area contributed by atoms with Crippen molar-refractivity contribution in [1.29, 1.82) is 0 Å². The van der Waals surface area contributed by atoms with Crippen LogP contribution < -0.4 is 5.32 Å². The molecule has 0 fully saturated rings. The van der Waals surface area contributed by atoms with Gasteiger partial charge in [0.1, 0.15) is 11.0 Å². The van der Waals surface area contributed by atoms with Crippen molar-refractivity contribution in [3.63, 3.8) is 0 Å². The van der Waals surface area contributed by atoms with Gasteiger partial charge in [0.15, 0.2) is 0 Å². The minimum Gasteiger partial charge on any atom is -0.306 e. The number of aryl methyl sites for hydroxylation is 1. The zero-order chi connectivity index (χ0) is 13.1. The fraction of sp³-hybridized carbons (Fsp3) is 0.0909. The molecule has 7 heteroatoms. The van der Waals surface area contributed by atoms with Crippen molar-refractivity contribution in [2.45, 2.75) is 6.92 Å². The molecule has 2 heterocycles. The number of aromatic nitrogens is 3. The zero-order valence-corrected chi connectivity index (χ0v) is 10.8. The normalized spacial score (nSPS) is 10.2. The lowest BCUT2D eigenvalue weighted by molar-refractivity contribution is 0.102. The molecule has 1 amide bonds. The van der Waals surface area contributed by atoms with Gasteiger partial charge in [-0.25, -0.2) is 9.97 Å². The van der Waals surface area contributed by atoms with E-state index in [9.17, 15) is 4.79 Å². The lowest BCUT2D eigenvalue weighted by Gasteiger charge is -2.04. The molecular formula is C11H8Cl2N4O. The third kappa shape index (κ3) is 3.15. The fourth-order valence-electron chi connectivity index (χ4n) is 1.24. The monoisotopic (exact) mass is 282 g/mol. The molecule has 0 saturated heterocycles. The molecular weight excluding hydrogens is 275 g/mol. The van der Waals surface area contributed by atoms with Crippen LogP contribution >= 0.6 is 23.2 Å². The number of anilines is 1. The van der Waals surface area contributed by atoms with Crippen LogP contribution in [-0.2, 0) is 0 Å². The summed E-state index contributed by atoms with van der Waals surface area (Å²) in [6.45, 7) is 1.84. The van der Waals surface area contributed by atoms with Crippen molar-refractivity contribution in [3.8, 4) is 0 Å². The predicted octanol–water partition coefficient (Wildman–Crippen LogP) is 2.74. The molecule has 2 aromatic rings. The first-order valence-electron chi connectivity index (χ1n) is 4.99. The molecule has 18 heavy (non-hydrogen) atoms. The Labute approximate surface area is 113 Å². The summed E-state index contributed by atoms with van der Waals surface area (Å²) >= 11 is 11.3. The second-order valence-electron chi connectivity index (χ2n) is 3.49. The van der Waals surface area contributed by atoms with Crippen molar-refractivity contribution >= 4 is 34.9 Å². The van der Waals surface area contributed by atoms with Gasteiger partial charge in [0.2, 0.25) is 5.28 Å².